The Kier molecular flexibility index (Phi) is 12.9. The van der Waals surface area contributed by atoms with Crippen LogP contribution < -0.4 is 0 Å². The molecule has 0 aromatic carbocycles. The molecule has 0 amide bonds. The van der Waals surface area contributed by atoms with Crippen LogP contribution in [0.4, 0.5) is 0 Å². The van der Waals surface area contributed by atoms with E-state index in [0.29, 0.717) is 26.1 Å². The second kappa shape index (κ2) is 13.1. The average Bonchev–Trinajstić information content (AvgIpc) is 2.40. The van der Waals surface area contributed by atoms with Crippen LogP contribution in [-0.4, -0.2) is 72.3 Å². The first-order chi connectivity index (χ1) is 8.70. The summed E-state index contributed by atoms with van der Waals surface area (Å²) in [5.41, 5.74) is 0. The van der Waals surface area contributed by atoms with Gasteiger partial charge in [-0.2, -0.15) is 0 Å². The third-order valence-corrected chi connectivity index (χ3v) is 1.81. The smallest absolute Gasteiger partial charge is 0.110 e. The van der Waals surface area contributed by atoms with Crippen molar-refractivity contribution in [2.75, 3.05) is 39.6 Å². The highest BCUT2D eigenvalue weighted by Gasteiger charge is 2.02. The van der Waals surface area contributed by atoms with Gasteiger partial charge < -0.3 is 20.4 Å². The maximum atomic E-state index is 8.89. The van der Waals surface area contributed by atoms with Gasteiger partial charge in [-0.25, -0.2) is 19.6 Å². The molecular weight excluding hydrogens is 248 g/mol. The first-order valence-corrected chi connectivity index (χ1v) is 5.77. The normalized spacial score (nSPS) is 14.7. The minimum atomic E-state index is -0.931. The summed E-state index contributed by atoms with van der Waals surface area (Å²) >= 11 is 0. The number of hydrogen-bond donors (Lipinski definition) is 4. The van der Waals surface area contributed by atoms with E-state index in [-0.39, 0.29) is 26.4 Å². The van der Waals surface area contributed by atoms with Gasteiger partial charge in [-0.05, 0) is 12.8 Å². The Hall–Kier alpha value is -0.320. The van der Waals surface area contributed by atoms with Gasteiger partial charge >= 0.3 is 0 Å². The molecule has 0 heterocycles. The van der Waals surface area contributed by atoms with Crippen molar-refractivity contribution in [1.29, 1.82) is 0 Å². The van der Waals surface area contributed by atoms with Gasteiger partial charge in [0.25, 0.3) is 0 Å². The molecule has 0 aromatic rings. The van der Waals surface area contributed by atoms with Crippen LogP contribution in [0, 0.1) is 0 Å². The van der Waals surface area contributed by atoms with E-state index in [1.54, 1.807) is 0 Å². The fraction of sp³-hybridized carbons (Fsp3) is 1.00. The Balaban J connectivity index is 3.03. The third kappa shape index (κ3) is 12.1. The summed E-state index contributed by atoms with van der Waals surface area (Å²) in [4.78, 5) is 18.7. The van der Waals surface area contributed by atoms with E-state index < -0.39 is 12.2 Å². The molecule has 110 valence electrons. The van der Waals surface area contributed by atoms with Crippen LogP contribution in [0.3, 0.4) is 0 Å². The number of aliphatic hydroxyl groups is 4. The fourth-order valence-corrected chi connectivity index (χ4v) is 0.799. The maximum Gasteiger partial charge on any atom is 0.110 e. The monoisotopic (exact) mass is 270 g/mol. The first kappa shape index (κ1) is 17.7. The molecule has 2 unspecified atom stereocenters. The summed E-state index contributed by atoms with van der Waals surface area (Å²) in [6, 6.07) is 0. The molecule has 0 rings (SSSR count). The highest BCUT2D eigenvalue weighted by Crippen LogP contribution is 1.94. The second-order valence-electron chi connectivity index (χ2n) is 3.59. The molecule has 0 saturated heterocycles. The quantitative estimate of drug-likeness (QED) is 0.179. The highest BCUT2D eigenvalue weighted by molar-refractivity contribution is 4.46. The zero-order valence-electron chi connectivity index (χ0n) is 10.2. The van der Waals surface area contributed by atoms with Crippen LogP contribution in [0.1, 0.15) is 12.8 Å². The standard InChI is InChI=1S/C10H22O8/c11-5-9(13)7-17-15-3-1-2-4-16-18-8-10(14)6-12/h9-14H,1-8H2. The molecule has 0 aromatic heterocycles. The van der Waals surface area contributed by atoms with Crippen LogP contribution in [0.2, 0.25) is 0 Å². The van der Waals surface area contributed by atoms with Gasteiger partial charge in [-0.15, -0.1) is 0 Å². The summed E-state index contributed by atoms with van der Waals surface area (Å²) in [5.74, 6) is 0. The summed E-state index contributed by atoms with van der Waals surface area (Å²) < 4.78 is 0. The molecule has 0 aliphatic heterocycles. The molecule has 0 bridgehead atoms. The minimum Gasteiger partial charge on any atom is -0.394 e. The lowest BCUT2D eigenvalue weighted by Gasteiger charge is -2.08. The number of aliphatic hydroxyl groups excluding tert-OH is 4. The predicted molar refractivity (Wildman–Crippen MR) is 59.2 cm³/mol. The van der Waals surface area contributed by atoms with Crippen LogP contribution in [-0.2, 0) is 19.6 Å². The highest BCUT2D eigenvalue weighted by atomic mass is 17.2. The van der Waals surface area contributed by atoms with Gasteiger partial charge in [0.05, 0.1) is 26.4 Å². The molecule has 0 aliphatic rings. The Morgan fingerprint density at radius 3 is 1.39 bits per heavy atom. The van der Waals surface area contributed by atoms with Crippen molar-refractivity contribution in [1.82, 2.24) is 0 Å². The lowest BCUT2D eigenvalue weighted by atomic mass is 10.3. The summed E-state index contributed by atoms with van der Waals surface area (Å²) in [5, 5.41) is 34.7. The van der Waals surface area contributed by atoms with Gasteiger partial charge in [0, 0.05) is 0 Å². The number of unbranched alkanes of at least 4 members (excludes halogenated alkanes) is 1. The van der Waals surface area contributed by atoms with Crippen molar-refractivity contribution in [2.45, 2.75) is 25.0 Å². The Morgan fingerprint density at radius 1 is 0.667 bits per heavy atom. The lowest BCUT2D eigenvalue weighted by Crippen LogP contribution is -2.20. The molecular formula is C10H22O8. The number of rotatable bonds is 13. The number of hydrogen-bond acceptors (Lipinski definition) is 8. The molecule has 0 spiro atoms. The SMILES string of the molecule is OCC(O)COOCCCCOOCC(O)CO. The van der Waals surface area contributed by atoms with Crippen LogP contribution in [0.15, 0.2) is 0 Å². The van der Waals surface area contributed by atoms with Crippen LogP contribution >= 0.6 is 0 Å². The van der Waals surface area contributed by atoms with Crippen LogP contribution in [0.5, 0.6) is 0 Å². The third-order valence-electron chi connectivity index (χ3n) is 1.81. The van der Waals surface area contributed by atoms with Gasteiger partial charge in [0.2, 0.25) is 0 Å². The van der Waals surface area contributed by atoms with Crippen molar-refractivity contribution < 1.29 is 40.0 Å². The van der Waals surface area contributed by atoms with E-state index >= 15 is 0 Å². The summed E-state index contributed by atoms with van der Waals surface area (Å²) in [6.45, 7) is -0.214. The van der Waals surface area contributed by atoms with Gasteiger partial charge in [-0.3, -0.25) is 0 Å². The Bertz CT molecular complexity index is 150. The summed E-state index contributed by atoms with van der Waals surface area (Å²) in [7, 11) is 0. The van der Waals surface area contributed by atoms with E-state index in [2.05, 4.69) is 9.78 Å². The van der Waals surface area contributed by atoms with Crippen molar-refractivity contribution in [3.63, 3.8) is 0 Å². The Labute approximate surface area is 106 Å². The van der Waals surface area contributed by atoms with Crippen LogP contribution in [0.25, 0.3) is 0 Å². The topological polar surface area (TPSA) is 118 Å². The summed E-state index contributed by atoms with van der Waals surface area (Å²) in [6.07, 6.45) is -0.526. The lowest BCUT2D eigenvalue weighted by molar-refractivity contribution is -0.314. The maximum absolute atomic E-state index is 8.89. The van der Waals surface area contributed by atoms with Gasteiger partial charge in [0.1, 0.15) is 25.4 Å². The van der Waals surface area contributed by atoms with Crippen molar-refractivity contribution in [3.8, 4) is 0 Å². The largest absolute Gasteiger partial charge is 0.394 e. The van der Waals surface area contributed by atoms with E-state index in [4.69, 9.17) is 30.2 Å². The zero-order valence-corrected chi connectivity index (χ0v) is 10.2. The van der Waals surface area contributed by atoms with Gasteiger partial charge in [0.15, 0.2) is 0 Å². The van der Waals surface area contributed by atoms with E-state index in [1.165, 1.54) is 0 Å². The van der Waals surface area contributed by atoms with Gasteiger partial charge in [-0.1, -0.05) is 0 Å². The molecule has 8 heteroatoms. The molecule has 0 radical (unpaired) electrons. The zero-order chi connectivity index (χ0) is 13.6. The Morgan fingerprint density at radius 2 is 1.06 bits per heavy atom. The molecule has 0 saturated carbocycles. The molecule has 18 heavy (non-hydrogen) atoms. The van der Waals surface area contributed by atoms with E-state index in [1.807, 2.05) is 0 Å². The van der Waals surface area contributed by atoms with Crippen molar-refractivity contribution >= 4 is 0 Å². The molecule has 0 fully saturated rings. The van der Waals surface area contributed by atoms with Crippen molar-refractivity contribution in [3.05, 3.63) is 0 Å². The van der Waals surface area contributed by atoms with E-state index in [0.717, 1.165) is 0 Å². The van der Waals surface area contributed by atoms with Crippen molar-refractivity contribution in [2.24, 2.45) is 0 Å². The second-order valence-corrected chi connectivity index (χ2v) is 3.59. The minimum absolute atomic E-state index is 0.0742. The van der Waals surface area contributed by atoms with E-state index in [9.17, 15) is 0 Å². The molecule has 0 aliphatic carbocycles. The average molecular weight is 270 g/mol. The molecule has 8 nitrogen and oxygen atoms in total. The molecule has 2 atom stereocenters. The first-order valence-electron chi connectivity index (χ1n) is 5.77. The predicted octanol–water partition coefficient (Wildman–Crippen LogP) is -1.63. The molecule has 4 N–H and O–H groups in total. The fourth-order valence-electron chi connectivity index (χ4n) is 0.799.